The van der Waals surface area contributed by atoms with Crippen LogP contribution in [0.4, 0.5) is 0 Å². The van der Waals surface area contributed by atoms with Crippen molar-refractivity contribution in [2.24, 2.45) is 4.99 Å². The summed E-state index contributed by atoms with van der Waals surface area (Å²) in [6, 6.07) is 5.10. The Morgan fingerprint density at radius 3 is 3.00 bits per heavy atom. The van der Waals surface area contributed by atoms with Gasteiger partial charge in [0.2, 0.25) is 0 Å². The highest BCUT2D eigenvalue weighted by Gasteiger charge is 2.14. The van der Waals surface area contributed by atoms with Gasteiger partial charge in [0.25, 0.3) is 0 Å². The number of ketones is 1. The van der Waals surface area contributed by atoms with Gasteiger partial charge in [0.05, 0.1) is 24.6 Å². The van der Waals surface area contributed by atoms with Crippen LogP contribution >= 0.6 is 11.6 Å². The molecule has 1 aliphatic rings. The lowest BCUT2D eigenvalue weighted by atomic mass is 10.1. The predicted octanol–water partition coefficient (Wildman–Crippen LogP) is 2.31. The van der Waals surface area contributed by atoms with Crippen molar-refractivity contribution in [1.29, 1.82) is 0 Å². The molecule has 0 radical (unpaired) electrons. The number of ether oxygens (including phenoxy) is 1. The molecule has 0 fully saturated rings. The average molecular weight is 267 g/mol. The Labute approximate surface area is 111 Å². The summed E-state index contributed by atoms with van der Waals surface area (Å²) in [6.07, 6.45) is 0.296. The van der Waals surface area contributed by atoms with Crippen LogP contribution in [0.5, 0.6) is 5.75 Å². The summed E-state index contributed by atoms with van der Waals surface area (Å²) >= 11 is 6.05. The van der Waals surface area contributed by atoms with Gasteiger partial charge in [0.15, 0.2) is 5.78 Å². The minimum absolute atomic E-state index is 0.00750. The van der Waals surface area contributed by atoms with Crippen LogP contribution in [-0.2, 0) is 0 Å². The summed E-state index contributed by atoms with van der Waals surface area (Å²) in [7, 11) is 0. The summed E-state index contributed by atoms with van der Waals surface area (Å²) in [6.45, 7) is 3.99. The minimum atomic E-state index is 0.00750. The molecule has 0 spiro atoms. The Hall–Kier alpha value is -1.55. The first-order valence-corrected chi connectivity index (χ1v) is 6.31. The van der Waals surface area contributed by atoms with E-state index in [2.05, 4.69) is 10.3 Å². The molecule has 1 heterocycles. The fourth-order valence-corrected chi connectivity index (χ4v) is 2.00. The first-order valence-electron chi connectivity index (χ1n) is 5.93. The van der Waals surface area contributed by atoms with Crippen LogP contribution in [0.3, 0.4) is 0 Å². The third-order valence-electron chi connectivity index (χ3n) is 2.63. The Balaban J connectivity index is 2.08. The molecular weight excluding hydrogens is 252 g/mol. The Morgan fingerprint density at radius 2 is 2.39 bits per heavy atom. The summed E-state index contributed by atoms with van der Waals surface area (Å²) in [5.74, 6) is 1.37. The fraction of sp³-hybridized carbons (Fsp3) is 0.385. The number of halogens is 1. The second-order valence-corrected chi connectivity index (χ2v) is 4.34. The number of nitrogens with zero attached hydrogens (tertiary/aromatic N) is 1. The van der Waals surface area contributed by atoms with E-state index >= 15 is 0 Å². The van der Waals surface area contributed by atoms with Crippen molar-refractivity contribution in [3.8, 4) is 5.75 Å². The summed E-state index contributed by atoms with van der Waals surface area (Å²) < 4.78 is 5.33. The number of rotatable bonds is 5. The van der Waals surface area contributed by atoms with Crippen molar-refractivity contribution in [1.82, 2.24) is 5.32 Å². The van der Waals surface area contributed by atoms with Crippen LogP contribution in [-0.4, -0.2) is 31.3 Å². The lowest BCUT2D eigenvalue weighted by Crippen LogP contribution is -2.21. The van der Waals surface area contributed by atoms with Gasteiger partial charge in [0.1, 0.15) is 11.6 Å². The van der Waals surface area contributed by atoms with Gasteiger partial charge in [-0.15, -0.1) is 0 Å². The van der Waals surface area contributed by atoms with Crippen LogP contribution in [0, 0.1) is 0 Å². The quantitative estimate of drug-likeness (QED) is 0.832. The van der Waals surface area contributed by atoms with Crippen molar-refractivity contribution in [3.63, 3.8) is 0 Å². The van der Waals surface area contributed by atoms with Gasteiger partial charge >= 0.3 is 0 Å². The fourth-order valence-electron chi connectivity index (χ4n) is 1.77. The number of aliphatic imine (C=N–C) groups is 1. The molecule has 5 heteroatoms. The van der Waals surface area contributed by atoms with Gasteiger partial charge in [-0.05, 0) is 25.1 Å². The number of carbonyl (C=O) groups is 1. The van der Waals surface area contributed by atoms with E-state index in [1.807, 2.05) is 6.92 Å². The second-order valence-electron chi connectivity index (χ2n) is 3.93. The molecule has 0 unspecified atom stereocenters. The Morgan fingerprint density at radius 1 is 1.56 bits per heavy atom. The molecule has 18 heavy (non-hydrogen) atoms. The zero-order valence-electron chi connectivity index (χ0n) is 10.2. The van der Waals surface area contributed by atoms with E-state index in [-0.39, 0.29) is 5.78 Å². The normalized spacial score (nSPS) is 14.0. The van der Waals surface area contributed by atoms with E-state index in [1.165, 1.54) is 0 Å². The summed E-state index contributed by atoms with van der Waals surface area (Å²) in [5, 5.41) is 3.54. The van der Waals surface area contributed by atoms with Crippen LogP contribution in [0.1, 0.15) is 23.7 Å². The molecule has 0 saturated carbocycles. The van der Waals surface area contributed by atoms with E-state index in [9.17, 15) is 4.79 Å². The highest BCUT2D eigenvalue weighted by atomic mass is 35.5. The molecule has 1 aliphatic heterocycles. The van der Waals surface area contributed by atoms with E-state index < -0.39 is 0 Å². The average Bonchev–Trinajstić information content (AvgIpc) is 2.84. The van der Waals surface area contributed by atoms with Crippen LogP contribution in [0.25, 0.3) is 0 Å². The first-order chi connectivity index (χ1) is 8.70. The molecule has 0 amide bonds. The lowest BCUT2D eigenvalue weighted by Gasteiger charge is -2.07. The summed E-state index contributed by atoms with van der Waals surface area (Å²) in [4.78, 5) is 16.2. The highest BCUT2D eigenvalue weighted by Crippen LogP contribution is 2.26. The van der Waals surface area contributed by atoms with Crippen LogP contribution in [0.2, 0.25) is 5.02 Å². The number of benzene rings is 1. The van der Waals surface area contributed by atoms with E-state index in [1.54, 1.807) is 18.2 Å². The predicted molar refractivity (Wildman–Crippen MR) is 71.9 cm³/mol. The molecule has 4 nitrogen and oxygen atoms in total. The van der Waals surface area contributed by atoms with Gasteiger partial charge in [0, 0.05) is 12.1 Å². The molecule has 1 N–H and O–H groups in total. The zero-order chi connectivity index (χ0) is 13.0. The van der Waals surface area contributed by atoms with Crippen LogP contribution in [0.15, 0.2) is 23.2 Å². The smallest absolute Gasteiger partial charge is 0.170 e. The topological polar surface area (TPSA) is 50.7 Å². The maximum atomic E-state index is 12.0. The molecule has 1 aromatic carbocycles. The number of Topliss-reactive ketones (excluding diaryl/α,β-unsaturated/α-hetero) is 1. The van der Waals surface area contributed by atoms with Gasteiger partial charge in [-0.1, -0.05) is 11.6 Å². The largest absolute Gasteiger partial charge is 0.492 e. The monoisotopic (exact) mass is 266 g/mol. The number of hydrogen-bond acceptors (Lipinski definition) is 4. The minimum Gasteiger partial charge on any atom is -0.492 e. The maximum Gasteiger partial charge on any atom is 0.170 e. The van der Waals surface area contributed by atoms with Crippen molar-refractivity contribution < 1.29 is 9.53 Å². The Bertz CT molecular complexity index is 486. The molecule has 1 aromatic rings. The van der Waals surface area contributed by atoms with Gasteiger partial charge in [-0.2, -0.15) is 0 Å². The Kier molecular flexibility index (Phi) is 4.20. The van der Waals surface area contributed by atoms with Gasteiger partial charge in [-0.25, -0.2) is 0 Å². The second kappa shape index (κ2) is 5.87. The van der Waals surface area contributed by atoms with E-state index in [4.69, 9.17) is 16.3 Å². The van der Waals surface area contributed by atoms with Crippen molar-refractivity contribution in [2.45, 2.75) is 13.3 Å². The third-order valence-corrected chi connectivity index (χ3v) is 2.92. The number of carbonyl (C=O) groups excluding carboxylic acids is 1. The lowest BCUT2D eigenvalue weighted by molar-refractivity contribution is 0.1000. The van der Waals surface area contributed by atoms with E-state index in [0.29, 0.717) is 29.4 Å². The zero-order valence-corrected chi connectivity index (χ0v) is 11.0. The van der Waals surface area contributed by atoms with Crippen molar-refractivity contribution >= 4 is 23.2 Å². The molecular formula is C13H15ClN2O2. The molecule has 2 rings (SSSR count). The standard InChI is InChI=1S/C13H15ClN2O2/c1-2-18-12-4-3-9(7-10(12)14)11(17)8-13-15-5-6-16-13/h3-4,7H,2,5-6,8H2,1H3,(H,15,16). The molecule has 0 saturated heterocycles. The summed E-state index contributed by atoms with van der Waals surface area (Å²) in [5.41, 5.74) is 0.583. The first kappa shape index (κ1) is 12.9. The molecule has 0 aromatic heterocycles. The molecule has 0 aliphatic carbocycles. The SMILES string of the molecule is CCOc1ccc(C(=O)CC2=NCCN2)cc1Cl. The van der Waals surface area contributed by atoms with E-state index in [0.717, 1.165) is 18.9 Å². The highest BCUT2D eigenvalue weighted by molar-refractivity contribution is 6.32. The molecule has 96 valence electrons. The molecule has 0 bridgehead atoms. The number of hydrogen-bond donors (Lipinski definition) is 1. The van der Waals surface area contributed by atoms with Gasteiger partial charge in [-0.3, -0.25) is 9.79 Å². The van der Waals surface area contributed by atoms with Crippen molar-refractivity contribution in [2.75, 3.05) is 19.7 Å². The van der Waals surface area contributed by atoms with Crippen molar-refractivity contribution in [3.05, 3.63) is 28.8 Å². The third kappa shape index (κ3) is 3.01. The van der Waals surface area contributed by atoms with Crippen LogP contribution < -0.4 is 10.1 Å². The van der Waals surface area contributed by atoms with Gasteiger partial charge < -0.3 is 10.1 Å². The maximum absolute atomic E-state index is 12.0. The molecule has 0 atom stereocenters. The number of nitrogens with one attached hydrogen (secondary N) is 1. The number of amidine groups is 1.